The number of rotatable bonds is 6. The Morgan fingerprint density at radius 1 is 1.50 bits per heavy atom. The summed E-state index contributed by atoms with van der Waals surface area (Å²) in [4.78, 5) is 0. The molecule has 2 N–H and O–H groups in total. The van der Waals surface area contributed by atoms with Crippen LogP contribution in [0, 0.1) is 5.92 Å². The van der Waals surface area contributed by atoms with Crippen LogP contribution in [-0.4, -0.2) is 51.3 Å². The third kappa shape index (κ3) is 4.01. The van der Waals surface area contributed by atoms with Crippen LogP contribution in [0.1, 0.15) is 19.8 Å². The van der Waals surface area contributed by atoms with Crippen molar-refractivity contribution in [2.45, 2.75) is 19.8 Å². The first kappa shape index (κ1) is 13.9. The van der Waals surface area contributed by atoms with E-state index in [1.54, 1.807) is 4.31 Å². The molecule has 1 fully saturated rings. The van der Waals surface area contributed by atoms with Gasteiger partial charge >= 0.3 is 0 Å². The largest absolute Gasteiger partial charge is 0.381 e. The molecule has 0 amide bonds. The van der Waals surface area contributed by atoms with E-state index in [4.69, 9.17) is 10.5 Å². The van der Waals surface area contributed by atoms with Crippen molar-refractivity contribution in [1.29, 1.82) is 0 Å². The number of piperidine rings is 1. The standard InChI is InChI=1S/C10H22N2O3S/c1-2-15-6-7-16(13,14)12-5-3-4-10(8-11)9-12/h10H,2-9,11H2,1H3. The van der Waals surface area contributed by atoms with Crippen molar-refractivity contribution >= 4 is 10.0 Å². The van der Waals surface area contributed by atoms with Gasteiger partial charge in [0.25, 0.3) is 0 Å². The molecular weight excluding hydrogens is 228 g/mol. The topological polar surface area (TPSA) is 72.6 Å². The normalized spacial score (nSPS) is 23.5. The second kappa shape index (κ2) is 6.54. The minimum Gasteiger partial charge on any atom is -0.381 e. The fraction of sp³-hybridized carbons (Fsp3) is 1.00. The number of hydrogen-bond donors (Lipinski definition) is 1. The third-order valence-electron chi connectivity index (χ3n) is 2.90. The van der Waals surface area contributed by atoms with Crippen molar-refractivity contribution in [3.8, 4) is 0 Å². The highest BCUT2D eigenvalue weighted by atomic mass is 32.2. The molecule has 0 spiro atoms. The molecule has 96 valence electrons. The molecule has 1 saturated heterocycles. The monoisotopic (exact) mass is 250 g/mol. The summed E-state index contributed by atoms with van der Waals surface area (Å²) in [6, 6.07) is 0. The lowest BCUT2D eigenvalue weighted by atomic mass is 10.0. The number of sulfonamides is 1. The highest BCUT2D eigenvalue weighted by Crippen LogP contribution is 2.18. The minimum absolute atomic E-state index is 0.0815. The molecule has 6 heteroatoms. The summed E-state index contributed by atoms with van der Waals surface area (Å²) in [5.74, 6) is 0.397. The predicted molar refractivity (Wildman–Crippen MR) is 63.6 cm³/mol. The maximum atomic E-state index is 11.9. The van der Waals surface area contributed by atoms with Crippen LogP contribution in [-0.2, 0) is 14.8 Å². The Kier molecular flexibility index (Phi) is 5.68. The lowest BCUT2D eigenvalue weighted by Gasteiger charge is -2.31. The third-order valence-corrected chi connectivity index (χ3v) is 4.70. The lowest BCUT2D eigenvalue weighted by molar-refractivity contribution is 0.161. The van der Waals surface area contributed by atoms with Gasteiger partial charge in [-0.1, -0.05) is 0 Å². The number of ether oxygens (including phenoxy) is 1. The van der Waals surface area contributed by atoms with Crippen LogP contribution in [0.15, 0.2) is 0 Å². The van der Waals surface area contributed by atoms with Gasteiger partial charge in [0, 0.05) is 19.7 Å². The van der Waals surface area contributed by atoms with Gasteiger partial charge in [-0.25, -0.2) is 12.7 Å². The zero-order valence-corrected chi connectivity index (χ0v) is 10.7. The van der Waals surface area contributed by atoms with Gasteiger partial charge < -0.3 is 10.5 Å². The van der Waals surface area contributed by atoms with Gasteiger partial charge in [0.1, 0.15) is 0 Å². The van der Waals surface area contributed by atoms with Crippen LogP contribution < -0.4 is 5.73 Å². The second-order valence-electron chi connectivity index (χ2n) is 4.11. The summed E-state index contributed by atoms with van der Waals surface area (Å²) in [6.07, 6.45) is 1.95. The molecule has 0 aromatic rings. The van der Waals surface area contributed by atoms with Crippen molar-refractivity contribution in [1.82, 2.24) is 4.31 Å². The van der Waals surface area contributed by atoms with E-state index in [2.05, 4.69) is 0 Å². The molecule has 16 heavy (non-hydrogen) atoms. The fourth-order valence-corrected chi connectivity index (χ4v) is 3.34. The SMILES string of the molecule is CCOCCS(=O)(=O)N1CCCC(CN)C1. The molecule has 1 rings (SSSR count). The van der Waals surface area contributed by atoms with Crippen molar-refractivity contribution in [2.75, 3.05) is 38.6 Å². The molecule has 0 radical (unpaired) electrons. The van der Waals surface area contributed by atoms with Crippen molar-refractivity contribution < 1.29 is 13.2 Å². The molecule has 0 saturated carbocycles. The van der Waals surface area contributed by atoms with Gasteiger partial charge in [-0.3, -0.25) is 0 Å². The van der Waals surface area contributed by atoms with Gasteiger partial charge in [-0.15, -0.1) is 0 Å². The van der Waals surface area contributed by atoms with Gasteiger partial charge in [-0.2, -0.15) is 0 Å². The first-order valence-electron chi connectivity index (χ1n) is 5.85. The number of hydrogen-bond acceptors (Lipinski definition) is 4. The van der Waals surface area contributed by atoms with E-state index in [9.17, 15) is 8.42 Å². The maximum Gasteiger partial charge on any atom is 0.216 e. The molecule has 5 nitrogen and oxygen atoms in total. The number of nitrogens with two attached hydrogens (primary N) is 1. The first-order chi connectivity index (χ1) is 7.60. The highest BCUT2D eigenvalue weighted by molar-refractivity contribution is 7.89. The lowest BCUT2D eigenvalue weighted by Crippen LogP contribution is -2.43. The van der Waals surface area contributed by atoms with Gasteiger partial charge in [0.15, 0.2) is 0 Å². The van der Waals surface area contributed by atoms with Crippen LogP contribution in [0.4, 0.5) is 0 Å². The molecule has 1 aliphatic rings. The van der Waals surface area contributed by atoms with E-state index in [0.717, 1.165) is 12.8 Å². The van der Waals surface area contributed by atoms with E-state index in [0.29, 0.717) is 32.2 Å². The molecule has 0 aromatic heterocycles. The Hall–Kier alpha value is -0.170. The Labute approximate surface area is 98.0 Å². The molecule has 1 atom stereocenters. The summed E-state index contributed by atoms with van der Waals surface area (Å²) < 4.78 is 30.5. The Morgan fingerprint density at radius 3 is 2.88 bits per heavy atom. The zero-order valence-electron chi connectivity index (χ0n) is 9.89. The van der Waals surface area contributed by atoms with Gasteiger partial charge in [0.05, 0.1) is 12.4 Å². The van der Waals surface area contributed by atoms with Gasteiger partial charge in [-0.05, 0) is 32.2 Å². The van der Waals surface area contributed by atoms with Crippen LogP contribution in [0.3, 0.4) is 0 Å². The summed E-state index contributed by atoms with van der Waals surface area (Å²) in [6.45, 7) is 4.47. The average molecular weight is 250 g/mol. The molecule has 0 bridgehead atoms. The summed E-state index contributed by atoms with van der Waals surface area (Å²) in [5, 5.41) is 0. The van der Waals surface area contributed by atoms with Crippen molar-refractivity contribution in [3.63, 3.8) is 0 Å². The second-order valence-corrected chi connectivity index (χ2v) is 6.20. The zero-order chi connectivity index (χ0) is 12.0. The van der Waals surface area contributed by atoms with E-state index in [-0.39, 0.29) is 12.4 Å². The van der Waals surface area contributed by atoms with E-state index in [1.807, 2.05) is 6.92 Å². The van der Waals surface area contributed by atoms with Crippen LogP contribution >= 0.6 is 0 Å². The van der Waals surface area contributed by atoms with E-state index < -0.39 is 10.0 Å². The molecule has 1 aliphatic heterocycles. The Balaban J connectivity index is 2.47. The average Bonchev–Trinajstić information content (AvgIpc) is 2.29. The summed E-state index contributed by atoms with van der Waals surface area (Å²) >= 11 is 0. The van der Waals surface area contributed by atoms with Crippen LogP contribution in [0.2, 0.25) is 0 Å². The van der Waals surface area contributed by atoms with Crippen LogP contribution in [0.5, 0.6) is 0 Å². The Bertz CT molecular complexity index is 292. The molecule has 0 aromatic carbocycles. The minimum atomic E-state index is -3.15. The quantitative estimate of drug-likeness (QED) is 0.675. The van der Waals surface area contributed by atoms with E-state index in [1.165, 1.54) is 0 Å². The fourth-order valence-electron chi connectivity index (χ4n) is 1.91. The number of nitrogens with zero attached hydrogens (tertiary/aromatic N) is 1. The highest BCUT2D eigenvalue weighted by Gasteiger charge is 2.27. The van der Waals surface area contributed by atoms with Crippen molar-refractivity contribution in [2.24, 2.45) is 11.7 Å². The molecule has 1 heterocycles. The summed E-state index contributed by atoms with van der Waals surface area (Å²) in [5.41, 5.74) is 5.58. The van der Waals surface area contributed by atoms with Gasteiger partial charge in [0.2, 0.25) is 10.0 Å². The molecular formula is C10H22N2O3S. The molecule has 1 unspecified atom stereocenters. The van der Waals surface area contributed by atoms with Crippen molar-refractivity contribution in [3.05, 3.63) is 0 Å². The molecule has 0 aliphatic carbocycles. The smallest absolute Gasteiger partial charge is 0.216 e. The first-order valence-corrected chi connectivity index (χ1v) is 7.46. The summed E-state index contributed by atoms with van der Waals surface area (Å²) in [7, 11) is -3.15. The maximum absolute atomic E-state index is 11.9. The predicted octanol–water partition coefficient (Wildman–Crippen LogP) is 0.0234. The van der Waals surface area contributed by atoms with E-state index >= 15 is 0 Å². The van der Waals surface area contributed by atoms with Crippen LogP contribution in [0.25, 0.3) is 0 Å². The Morgan fingerprint density at radius 2 is 2.25 bits per heavy atom.